The van der Waals surface area contributed by atoms with Gasteiger partial charge in [-0.25, -0.2) is 0 Å². The van der Waals surface area contributed by atoms with Crippen LogP contribution in [-0.2, 0) is 4.79 Å². The highest BCUT2D eigenvalue weighted by Crippen LogP contribution is 2.24. The first-order valence-corrected chi connectivity index (χ1v) is 6.48. The van der Waals surface area contributed by atoms with Crippen LogP contribution in [0.1, 0.15) is 18.4 Å². The average Bonchev–Trinajstić information content (AvgIpc) is 3.09. The largest absolute Gasteiger partial charge is 0.389 e. The van der Waals surface area contributed by atoms with Crippen LogP contribution in [0.5, 0.6) is 0 Å². The van der Waals surface area contributed by atoms with Crippen molar-refractivity contribution in [2.75, 3.05) is 11.9 Å². The number of carbonyl (C=O) groups is 1. The molecule has 1 aliphatic rings. The van der Waals surface area contributed by atoms with Gasteiger partial charge in [-0.3, -0.25) is 4.79 Å². The molecular formula is C12H14ClN3OS. The standard InChI is InChI=1S/C12H14ClN3OS/c13-8-2-1-3-9(11(8)12(14)18)15-6-10(17)16-7-4-5-7/h1-3,7,15H,4-6H2,(H2,14,18)(H,16,17). The van der Waals surface area contributed by atoms with Crippen LogP contribution in [0, 0.1) is 0 Å². The summed E-state index contributed by atoms with van der Waals surface area (Å²) in [7, 11) is 0. The number of carbonyl (C=O) groups excluding carboxylic acids is 1. The van der Waals surface area contributed by atoms with Crippen LogP contribution in [0.4, 0.5) is 5.69 Å². The molecule has 6 heteroatoms. The van der Waals surface area contributed by atoms with Crippen molar-refractivity contribution >= 4 is 40.4 Å². The number of halogens is 1. The molecule has 1 aromatic rings. The van der Waals surface area contributed by atoms with Crippen molar-refractivity contribution in [3.05, 3.63) is 28.8 Å². The molecule has 4 N–H and O–H groups in total. The molecule has 18 heavy (non-hydrogen) atoms. The maximum atomic E-state index is 11.6. The van der Waals surface area contributed by atoms with Gasteiger partial charge in [-0.2, -0.15) is 0 Å². The molecule has 0 saturated heterocycles. The second kappa shape index (κ2) is 5.54. The predicted octanol–water partition coefficient (Wildman–Crippen LogP) is 1.66. The van der Waals surface area contributed by atoms with Gasteiger partial charge in [-0.1, -0.05) is 29.9 Å². The number of nitrogens with two attached hydrogens (primary N) is 1. The molecule has 1 fully saturated rings. The van der Waals surface area contributed by atoms with Crippen molar-refractivity contribution in [2.45, 2.75) is 18.9 Å². The van der Waals surface area contributed by atoms with E-state index in [9.17, 15) is 4.79 Å². The molecule has 0 heterocycles. The zero-order chi connectivity index (χ0) is 13.1. The minimum absolute atomic E-state index is 0.0358. The van der Waals surface area contributed by atoms with E-state index in [-0.39, 0.29) is 17.4 Å². The molecular weight excluding hydrogens is 270 g/mol. The van der Waals surface area contributed by atoms with Crippen LogP contribution in [0.2, 0.25) is 5.02 Å². The van der Waals surface area contributed by atoms with E-state index in [0.717, 1.165) is 12.8 Å². The number of rotatable bonds is 5. The summed E-state index contributed by atoms with van der Waals surface area (Å²) < 4.78 is 0. The molecule has 1 aliphatic carbocycles. The zero-order valence-corrected chi connectivity index (χ0v) is 11.3. The molecule has 2 rings (SSSR count). The van der Waals surface area contributed by atoms with Gasteiger partial charge in [0.2, 0.25) is 5.91 Å². The average molecular weight is 284 g/mol. The maximum absolute atomic E-state index is 11.6. The van der Waals surface area contributed by atoms with Crippen LogP contribution in [0.25, 0.3) is 0 Å². The number of benzene rings is 1. The molecule has 0 radical (unpaired) electrons. The predicted molar refractivity (Wildman–Crippen MR) is 77.0 cm³/mol. The molecule has 0 aromatic heterocycles. The highest BCUT2D eigenvalue weighted by Gasteiger charge is 2.23. The first kappa shape index (κ1) is 13.1. The number of hydrogen-bond acceptors (Lipinski definition) is 3. The normalized spacial score (nSPS) is 14.1. The lowest BCUT2D eigenvalue weighted by atomic mass is 10.1. The minimum Gasteiger partial charge on any atom is -0.389 e. The van der Waals surface area contributed by atoms with Crippen LogP contribution < -0.4 is 16.4 Å². The summed E-state index contributed by atoms with van der Waals surface area (Å²) in [5.74, 6) is -0.0358. The summed E-state index contributed by atoms with van der Waals surface area (Å²) in [6, 6.07) is 5.65. The summed E-state index contributed by atoms with van der Waals surface area (Å²) in [5, 5.41) is 6.37. The monoisotopic (exact) mass is 283 g/mol. The van der Waals surface area contributed by atoms with Crippen LogP contribution in [0.3, 0.4) is 0 Å². The van der Waals surface area contributed by atoms with E-state index in [1.54, 1.807) is 18.2 Å². The highest BCUT2D eigenvalue weighted by atomic mass is 35.5. The van der Waals surface area contributed by atoms with Gasteiger partial charge in [0.25, 0.3) is 0 Å². The molecule has 96 valence electrons. The van der Waals surface area contributed by atoms with Gasteiger partial charge in [0.1, 0.15) is 4.99 Å². The number of thiocarbonyl (C=S) groups is 1. The van der Waals surface area contributed by atoms with Crippen molar-refractivity contribution in [3.8, 4) is 0 Å². The van der Waals surface area contributed by atoms with Gasteiger partial charge in [-0.05, 0) is 25.0 Å². The fourth-order valence-corrected chi connectivity index (χ4v) is 2.16. The number of anilines is 1. The van der Waals surface area contributed by atoms with E-state index in [1.165, 1.54) is 0 Å². The van der Waals surface area contributed by atoms with Crippen molar-refractivity contribution in [1.82, 2.24) is 5.32 Å². The molecule has 1 aromatic carbocycles. The Kier molecular flexibility index (Phi) is 4.04. The summed E-state index contributed by atoms with van der Waals surface area (Å²) >= 11 is 11.0. The quantitative estimate of drug-likeness (QED) is 0.719. The van der Waals surface area contributed by atoms with Crippen molar-refractivity contribution in [3.63, 3.8) is 0 Å². The minimum atomic E-state index is -0.0358. The zero-order valence-electron chi connectivity index (χ0n) is 9.70. The molecule has 1 amide bonds. The fraction of sp³-hybridized carbons (Fsp3) is 0.333. The Bertz CT molecular complexity index is 488. The molecule has 0 spiro atoms. The van der Waals surface area contributed by atoms with Crippen LogP contribution in [0.15, 0.2) is 18.2 Å². The van der Waals surface area contributed by atoms with Gasteiger partial charge in [0.05, 0.1) is 17.1 Å². The van der Waals surface area contributed by atoms with Crippen LogP contribution in [-0.4, -0.2) is 23.5 Å². The maximum Gasteiger partial charge on any atom is 0.239 e. The summed E-state index contributed by atoms with van der Waals surface area (Å²) in [4.78, 5) is 11.8. The summed E-state index contributed by atoms with van der Waals surface area (Å²) in [6.45, 7) is 0.187. The third-order valence-electron chi connectivity index (χ3n) is 2.64. The SMILES string of the molecule is NC(=S)c1c(Cl)cccc1NCC(=O)NC1CC1. The Labute approximate surface area is 116 Å². The Morgan fingerprint density at radius 2 is 2.22 bits per heavy atom. The summed E-state index contributed by atoms with van der Waals surface area (Å²) in [6.07, 6.45) is 2.14. The second-order valence-electron chi connectivity index (χ2n) is 4.22. The second-order valence-corrected chi connectivity index (χ2v) is 5.07. The molecule has 0 aliphatic heterocycles. The van der Waals surface area contributed by atoms with Crippen molar-refractivity contribution in [1.29, 1.82) is 0 Å². The Balaban J connectivity index is 2.01. The molecule has 1 saturated carbocycles. The third kappa shape index (κ3) is 3.34. The topological polar surface area (TPSA) is 67.1 Å². The van der Waals surface area contributed by atoms with Crippen LogP contribution >= 0.6 is 23.8 Å². The fourth-order valence-electron chi connectivity index (χ4n) is 1.60. The van der Waals surface area contributed by atoms with Gasteiger partial charge in [0, 0.05) is 11.7 Å². The first-order chi connectivity index (χ1) is 8.58. The van der Waals surface area contributed by atoms with E-state index < -0.39 is 0 Å². The first-order valence-electron chi connectivity index (χ1n) is 5.69. The van der Waals surface area contributed by atoms with E-state index in [2.05, 4.69) is 10.6 Å². The van der Waals surface area contributed by atoms with Gasteiger partial charge in [-0.15, -0.1) is 0 Å². The van der Waals surface area contributed by atoms with Gasteiger partial charge >= 0.3 is 0 Å². The Hall–Kier alpha value is -1.33. The van der Waals surface area contributed by atoms with E-state index in [4.69, 9.17) is 29.6 Å². The smallest absolute Gasteiger partial charge is 0.239 e. The molecule has 0 bridgehead atoms. The number of hydrogen-bond donors (Lipinski definition) is 3. The van der Waals surface area contributed by atoms with Crippen molar-refractivity contribution in [2.24, 2.45) is 5.73 Å². The molecule has 0 unspecified atom stereocenters. The number of nitrogens with one attached hydrogen (secondary N) is 2. The van der Waals surface area contributed by atoms with E-state index >= 15 is 0 Å². The van der Waals surface area contributed by atoms with Gasteiger partial charge < -0.3 is 16.4 Å². The summed E-state index contributed by atoms with van der Waals surface area (Å²) in [5.41, 5.74) is 6.88. The van der Waals surface area contributed by atoms with Gasteiger partial charge in [0.15, 0.2) is 0 Å². The molecule has 4 nitrogen and oxygen atoms in total. The number of amides is 1. The highest BCUT2D eigenvalue weighted by molar-refractivity contribution is 7.80. The lowest BCUT2D eigenvalue weighted by Gasteiger charge is -2.12. The lowest BCUT2D eigenvalue weighted by Crippen LogP contribution is -2.31. The van der Waals surface area contributed by atoms with E-state index in [1.807, 2.05) is 0 Å². The molecule has 0 atom stereocenters. The Morgan fingerprint density at radius 3 is 2.83 bits per heavy atom. The Morgan fingerprint density at radius 1 is 1.50 bits per heavy atom. The lowest BCUT2D eigenvalue weighted by molar-refractivity contribution is -0.119. The van der Waals surface area contributed by atoms with Crippen molar-refractivity contribution < 1.29 is 4.79 Å². The van der Waals surface area contributed by atoms with E-state index in [0.29, 0.717) is 22.3 Å². The third-order valence-corrected chi connectivity index (χ3v) is 3.16.